The first kappa shape index (κ1) is 63.7. The smallest absolute Gasteiger partial charge is 0.333 e. The van der Waals surface area contributed by atoms with Gasteiger partial charge in [-0.15, -0.1) is 5.06 Å². The lowest BCUT2D eigenvalue weighted by Gasteiger charge is -2.31. The number of allylic oxidation sites excluding steroid dienone is 6. The molecule has 1 fully saturated rings. The summed E-state index contributed by atoms with van der Waals surface area (Å²) in [6, 6.07) is 9.16. The molecular formula is C52H62N3O22S5+. The molecule has 4 aromatic rings. The van der Waals surface area contributed by atoms with Gasteiger partial charge < -0.3 is 23.9 Å². The van der Waals surface area contributed by atoms with Gasteiger partial charge in [-0.1, -0.05) is 23.8 Å². The molecule has 25 nitrogen and oxygen atoms in total. The van der Waals surface area contributed by atoms with Crippen LogP contribution in [0.3, 0.4) is 0 Å². The van der Waals surface area contributed by atoms with Crippen LogP contribution in [-0.4, -0.2) is 157 Å². The maximum atomic E-state index is 13.2. The Balaban J connectivity index is 1.39. The molecule has 0 aromatic heterocycles. The second-order valence-electron chi connectivity index (χ2n) is 20.1. The van der Waals surface area contributed by atoms with Crippen LogP contribution in [0.25, 0.3) is 21.5 Å². The fraction of sp³-hybridized carbons (Fsp3) is 0.423. The molecule has 30 heteroatoms. The lowest BCUT2D eigenvalue weighted by Crippen LogP contribution is -2.33. The van der Waals surface area contributed by atoms with Gasteiger partial charge in [0.25, 0.3) is 62.4 Å². The van der Waals surface area contributed by atoms with Crippen molar-refractivity contribution in [3.63, 3.8) is 0 Å². The van der Waals surface area contributed by atoms with Crippen LogP contribution in [0.5, 0.6) is 0 Å². The molecule has 0 aliphatic carbocycles. The Morgan fingerprint density at radius 2 is 1.23 bits per heavy atom. The van der Waals surface area contributed by atoms with E-state index >= 15 is 0 Å². The molecule has 0 spiro atoms. The fourth-order valence-corrected chi connectivity index (χ4v) is 14.0. The van der Waals surface area contributed by atoms with Gasteiger partial charge in [-0.25, -0.2) is 4.79 Å². The first-order valence-electron chi connectivity index (χ1n) is 25.4. The Morgan fingerprint density at radius 3 is 1.77 bits per heavy atom. The number of imide groups is 1. The highest BCUT2D eigenvalue weighted by Gasteiger charge is 2.49. The van der Waals surface area contributed by atoms with Gasteiger partial charge in [0.05, 0.1) is 47.4 Å². The van der Waals surface area contributed by atoms with E-state index in [-0.39, 0.29) is 106 Å². The van der Waals surface area contributed by atoms with Gasteiger partial charge in [0.1, 0.15) is 16.3 Å². The number of ether oxygens (including phenoxy) is 3. The van der Waals surface area contributed by atoms with E-state index in [2.05, 4.69) is 0 Å². The number of benzene rings is 4. The Morgan fingerprint density at radius 1 is 0.683 bits per heavy atom. The molecule has 0 saturated carbocycles. The van der Waals surface area contributed by atoms with Crippen molar-refractivity contribution in [2.75, 3.05) is 63.9 Å². The lowest BCUT2D eigenvalue weighted by molar-refractivity contribution is -0.433. The molecule has 2 amide bonds. The molecule has 2 unspecified atom stereocenters. The number of fused-ring (bicyclic) bond motifs is 6. The van der Waals surface area contributed by atoms with E-state index in [1.54, 1.807) is 63.0 Å². The predicted octanol–water partition coefficient (Wildman–Crippen LogP) is 5.65. The van der Waals surface area contributed by atoms with E-state index < -0.39 is 105 Å². The highest BCUT2D eigenvalue weighted by molar-refractivity contribution is 7.87. The minimum atomic E-state index is -5.16. The maximum Gasteiger partial charge on any atom is 0.333 e. The first-order chi connectivity index (χ1) is 38.2. The van der Waals surface area contributed by atoms with Crippen LogP contribution in [0.4, 0.5) is 11.4 Å². The van der Waals surface area contributed by atoms with E-state index in [4.69, 9.17) is 19.0 Å². The van der Waals surface area contributed by atoms with Crippen molar-refractivity contribution in [3.8, 4) is 0 Å². The van der Waals surface area contributed by atoms with Gasteiger partial charge in [-0.3, -0.25) is 32.4 Å². The third-order valence-electron chi connectivity index (χ3n) is 14.6. The minimum Gasteiger partial charge on any atom is -0.382 e. The summed E-state index contributed by atoms with van der Waals surface area (Å²) in [4.78, 5) is 41.3. The van der Waals surface area contributed by atoms with Crippen LogP contribution in [0, 0.1) is 0 Å². The molecular weight excluding hydrogens is 1180 g/mol. The normalized spacial score (nSPS) is 19.7. The zero-order valence-electron chi connectivity index (χ0n) is 45.1. The lowest BCUT2D eigenvalue weighted by atomic mass is 9.74. The zero-order chi connectivity index (χ0) is 60.5. The van der Waals surface area contributed by atoms with Crippen LogP contribution < -0.4 is 4.90 Å². The van der Waals surface area contributed by atoms with E-state index in [0.717, 1.165) is 12.1 Å². The van der Waals surface area contributed by atoms with Crippen molar-refractivity contribution in [1.82, 2.24) is 5.06 Å². The van der Waals surface area contributed by atoms with Crippen molar-refractivity contribution in [2.45, 2.75) is 103 Å². The molecule has 5 N–H and O–H groups in total. The van der Waals surface area contributed by atoms with Gasteiger partial charge in [-0.2, -0.15) is 46.7 Å². The number of nitrogens with zero attached hydrogens (tertiary/aromatic N) is 3. The van der Waals surface area contributed by atoms with E-state index in [9.17, 15) is 79.2 Å². The van der Waals surface area contributed by atoms with E-state index in [1.165, 1.54) is 25.3 Å². The highest BCUT2D eigenvalue weighted by Crippen LogP contribution is 2.54. The average Bonchev–Trinajstić information content (AvgIpc) is 1.64. The van der Waals surface area contributed by atoms with E-state index in [1.807, 2.05) is 4.58 Å². The second kappa shape index (κ2) is 24.4. The number of carbonyl (C=O) groups is 3. The van der Waals surface area contributed by atoms with Gasteiger partial charge in [0.15, 0.2) is 5.71 Å². The Bertz CT molecular complexity index is 3970. The van der Waals surface area contributed by atoms with Crippen molar-refractivity contribution in [3.05, 3.63) is 95.2 Å². The fourth-order valence-electron chi connectivity index (χ4n) is 10.8. The Hall–Kier alpha value is -5.87. The summed E-state index contributed by atoms with van der Waals surface area (Å²) >= 11 is 0. The number of hydrogen-bond acceptors (Lipinski definition) is 18. The molecule has 4 aromatic carbocycles. The van der Waals surface area contributed by atoms with Crippen LogP contribution in [0.2, 0.25) is 0 Å². The Labute approximate surface area is 474 Å². The summed E-state index contributed by atoms with van der Waals surface area (Å²) in [5, 5.41) is 0.168. The summed E-state index contributed by atoms with van der Waals surface area (Å²) < 4.78 is 196. The molecule has 0 radical (unpaired) electrons. The van der Waals surface area contributed by atoms with Crippen molar-refractivity contribution < 1.29 is 103 Å². The van der Waals surface area contributed by atoms with Crippen molar-refractivity contribution in [2.24, 2.45) is 0 Å². The van der Waals surface area contributed by atoms with E-state index in [0.29, 0.717) is 63.3 Å². The summed E-state index contributed by atoms with van der Waals surface area (Å²) in [6.45, 7) is 8.12. The molecule has 3 aliphatic rings. The SMILES string of the molecule is CC[N+]1=C(/C=C/C(C)=C/C=C2/N(CCCC(=O)ON3C(=O)CCC3=O)c3ccc4c(S(=O)(=O)O)cc(S(=O)(=O)O)cc4c3C2(C)CCOCCOCCOC)C(C)(CCCS(=O)(=O)O)c2c1ccc1c(S(=O)(=O)O)cc(S(=O)(=O)O)cc21. The molecule has 82 heavy (non-hydrogen) atoms. The molecule has 3 heterocycles. The second-order valence-corrected chi connectivity index (χ2v) is 27.3. The summed E-state index contributed by atoms with van der Waals surface area (Å²) in [7, 11) is -23.5. The first-order valence-corrected chi connectivity index (χ1v) is 32.8. The molecule has 446 valence electrons. The number of anilines is 1. The molecule has 3 aliphatic heterocycles. The Kier molecular flexibility index (Phi) is 18.9. The molecule has 0 bridgehead atoms. The molecule has 7 rings (SSSR count). The van der Waals surface area contributed by atoms with Crippen LogP contribution >= 0.6 is 0 Å². The summed E-state index contributed by atoms with van der Waals surface area (Å²) in [6.07, 6.45) is 6.10. The van der Waals surface area contributed by atoms with Gasteiger partial charge in [-0.05, 0) is 112 Å². The van der Waals surface area contributed by atoms with Crippen LogP contribution in [-0.2, 0) is 94.9 Å². The van der Waals surface area contributed by atoms with Crippen LogP contribution in [0.1, 0.15) is 83.8 Å². The predicted molar refractivity (Wildman–Crippen MR) is 296 cm³/mol. The van der Waals surface area contributed by atoms with Gasteiger partial charge in [0.2, 0.25) is 5.69 Å². The number of methoxy groups -OCH3 is 1. The molecule has 2 atom stereocenters. The monoisotopic (exact) mass is 1240 g/mol. The summed E-state index contributed by atoms with van der Waals surface area (Å²) in [5.41, 5.74) is 0.323. The number of hydroxylamine groups is 2. The van der Waals surface area contributed by atoms with Crippen molar-refractivity contribution >= 4 is 107 Å². The molecule has 1 saturated heterocycles. The minimum absolute atomic E-state index is 0.00445. The number of hydrogen-bond donors (Lipinski definition) is 5. The van der Waals surface area contributed by atoms with Gasteiger partial charge in [0, 0.05) is 84.8 Å². The van der Waals surface area contributed by atoms with Crippen molar-refractivity contribution in [1.29, 1.82) is 0 Å². The quantitative estimate of drug-likeness (QED) is 0.0167. The third-order valence-corrected chi connectivity index (χ3v) is 18.8. The summed E-state index contributed by atoms with van der Waals surface area (Å²) in [5.74, 6) is -2.98. The topological polar surface area (TPSA) is 369 Å². The van der Waals surface area contributed by atoms with Crippen LogP contribution in [0.15, 0.2) is 104 Å². The average molecular weight is 1240 g/mol. The zero-order valence-corrected chi connectivity index (χ0v) is 49.2. The number of carbonyl (C=O) groups excluding carboxylic acids is 3. The van der Waals surface area contributed by atoms with Gasteiger partial charge >= 0.3 is 5.97 Å². The number of rotatable bonds is 26. The largest absolute Gasteiger partial charge is 0.382 e. The number of amides is 2. The standard InChI is InChI=1S/C52H61N3O22S5/c1-6-53-40-14-12-36-38(29-34(79(62,63)64)31-42(36)81(68,69)70)49(40)51(3,20-8-28-78(59,60)61)44(53)16-10-33(2)11-17-45-52(4,21-23-75-26-27-76-25-24-74-5)50-39-30-35(80(65,66)67)32-43(82(71,72)73)37(39)13-15-41(50)54(45)22-7-9-48(58)77-55-46(56)18-19-47(55)57/h10-17,29-32H,6-9,18-28H2,1-5H3,(H4-,59,60,61,62,63,64,65,66,67,68,69,70,71,72,73)/p+1. The third kappa shape index (κ3) is 13.7. The maximum absolute atomic E-state index is 13.2. The highest BCUT2D eigenvalue weighted by atomic mass is 32.2.